The highest BCUT2D eigenvalue weighted by atomic mass is 19.1. The van der Waals surface area contributed by atoms with E-state index in [1.54, 1.807) is 18.1 Å². The molecule has 7 nitrogen and oxygen atoms in total. The van der Waals surface area contributed by atoms with Crippen LogP contribution in [0.15, 0.2) is 34.9 Å². The molecule has 2 amide bonds. The molecule has 30 heavy (non-hydrogen) atoms. The Hall–Kier alpha value is -2.61. The number of oxazole rings is 1. The second-order valence-electron chi connectivity index (χ2n) is 8.13. The van der Waals surface area contributed by atoms with Crippen LogP contribution >= 0.6 is 0 Å². The minimum atomic E-state index is -1.10. The number of hydrogen-bond donors (Lipinski definition) is 2. The van der Waals surface area contributed by atoms with Gasteiger partial charge in [0.25, 0.3) is 0 Å². The lowest BCUT2D eigenvalue weighted by molar-refractivity contribution is 0.163. The molecule has 1 aliphatic rings. The van der Waals surface area contributed by atoms with E-state index in [0.29, 0.717) is 43.6 Å². The molecule has 8 heteroatoms. The quantitative estimate of drug-likeness (QED) is 0.687. The van der Waals surface area contributed by atoms with Crippen molar-refractivity contribution in [1.82, 2.24) is 20.5 Å². The fraction of sp³-hybridized carbons (Fsp3) is 0.545. The molecule has 0 radical (unpaired) electrons. The summed E-state index contributed by atoms with van der Waals surface area (Å²) in [5.74, 6) is 1.79. The lowest BCUT2D eigenvalue weighted by atomic mass is 10.1. The zero-order valence-corrected chi connectivity index (χ0v) is 17.9. The van der Waals surface area contributed by atoms with E-state index in [1.165, 1.54) is 0 Å². The van der Waals surface area contributed by atoms with Gasteiger partial charge in [0.2, 0.25) is 0 Å². The summed E-state index contributed by atoms with van der Waals surface area (Å²) in [5, 5.41) is 5.85. The fourth-order valence-electron chi connectivity index (χ4n) is 3.28. The van der Waals surface area contributed by atoms with Gasteiger partial charge in [0.15, 0.2) is 5.89 Å². The van der Waals surface area contributed by atoms with Gasteiger partial charge in [-0.15, -0.1) is 0 Å². The second kappa shape index (κ2) is 10.4. The van der Waals surface area contributed by atoms with E-state index < -0.39 is 12.2 Å². The number of carbonyl (C=O) groups is 1. The number of alkyl halides is 1. The Bertz CT molecular complexity index is 809. The molecule has 0 saturated carbocycles. The Morgan fingerprint density at radius 3 is 2.77 bits per heavy atom. The molecule has 0 unspecified atom stereocenters. The van der Waals surface area contributed by atoms with Gasteiger partial charge in [-0.05, 0) is 36.6 Å². The van der Waals surface area contributed by atoms with Gasteiger partial charge >= 0.3 is 6.03 Å². The third-order valence-electron chi connectivity index (χ3n) is 4.90. The number of hydrogen-bond acceptors (Lipinski definition) is 5. The highest BCUT2D eigenvalue weighted by molar-refractivity contribution is 5.74. The number of rotatable bonds is 8. The minimum absolute atomic E-state index is 0.255. The van der Waals surface area contributed by atoms with Crippen LogP contribution in [0.1, 0.15) is 37.4 Å². The summed E-state index contributed by atoms with van der Waals surface area (Å²) in [6.45, 7) is 8.19. The smallest absolute Gasteiger partial charge is 0.318 e. The number of ether oxygens (including phenoxy) is 1. The number of carbonyl (C=O) groups excluding carboxylic acids is 1. The molecule has 3 rings (SSSR count). The number of nitrogens with zero attached hydrogens (tertiary/aromatic N) is 2. The first kappa shape index (κ1) is 22.1. The van der Waals surface area contributed by atoms with Crippen molar-refractivity contribution >= 4 is 6.03 Å². The number of piperidine rings is 1. The van der Waals surface area contributed by atoms with Crippen LogP contribution < -0.4 is 15.4 Å². The van der Waals surface area contributed by atoms with E-state index >= 15 is 0 Å². The predicted octanol–water partition coefficient (Wildman–Crippen LogP) is 3.43. The molecule has 1 fully saturated rings. The third kappa shape index (κ3) is 6.45. The molecule has 0 bridgehead atoms. The molecule has 2 aromatic rings. The minimum Gasteiger partial charge on any atom is -0.493 e. The molecule has 2 N–H and O–H groups in total. The zero-order valence-electron chi connectivity index (χ0n) is 17.9. The van der Waals surface area contributed by atoms with E-state index in [9.17, 15) is 9.18 Å². The lowest BCUT2D eigenvalue weighted by Crippen LogP contribution is -2.53. The second-order valence-corrected chi connectivity index (χ2v) is 8.13. The van der Waals surface area contributed by atoms with Crippen molar-refractivity contribution in [1.29, 1.82) is 0 Å². The van der Waals surface area contributed by atoms with Crippen molar-refractivity contribution in [2.75, 3.05) is 19.7 Å². The predicted molar refractivity (Wildman–Crippen MR) is 112 cm³/mol. The Kier molecular flexibility index (Phi) is 7.68. The van der Waals surface area contributed by atoms with E-state index in [4.69, 9.17) is 9.15 Å². The number of urea groups is 1. The molecule has 1 saturated heterocycles. The van der Waals surface area contributed by atoms with Gasteiger partial charge in [0.1, 0.15) is 18.2 Å². The third-order valence-corrected chi connectivity index (χ3v) is 4.90. The fourth-order valence-corrected chi connectivity index (χ4v) is 3.28. The van der Waals surface area contributed by atoms with Crippen molar-refractivity contribution in [2.24, 2.45) is 5.92 Å². The summed E-state index contributed by atoms with van der Waals surface area (Å²) in [5.41, 5.74) is 1.60. The van der Waals surface area contributed by atoms with Gasteiger partial charge in [0.05, 0.1) is 24.9 Å². The summed E-state index contributed by atoms with van der Waals surface area (Å²) < 4.78 is 25.2. The number of nitrogens with one attached hydrogen (secondary N) is 2. The van der Waals surface area contributed by atoms with Crippen LogP contribution in [-0.4, -0.2) is 47.8 Å². The molecule has 1 aromatic carbocycles. The van der Waals surface area contributed by atoms with E-state index in [-0.39, 0.29) is 19.1 Å². The van der Waals surface area contributed by atoms with Gasteiger partial charge in [0, 0.05) is 20.0 Å². The average molecular weight is 419 g/mol. The summed E-state index contributed by atoms with van der Waals surface area (Å²) in [6.07, 6.45) is 1.00. The monoisotopic (exact) mass is 418 g/mol. The zero-order chi connectivity index (χ0) is 21.5. The molecule has 1 aliphatic heterocycles. The Morgan fingerprint density at radius 1 is 1.37 bits per heavy atom. The van der Waals surface area contributed by atoms with Crippen LogP contribution in [0.3, 0.4) is 0 Å². The van der Waals surface area contributed by atoms with Gasteiger partial charge in [-0.1, -0.05) is 26.0 Å². The van der Waals surface area contributed by atoms with Crippen molar-refractivity contribution in [3.8, 4) is 5.75 Å². The first-order valence-corrected chi connectivity index (χ1v) is 10.4. The van der Waals surface area contributed by atoms with Crippen molar-refractivity contribution in [3.63, 3.8) is 0 Å². The van der Waals surface area contributed by atoms with Crippen molar-refractivity contribution in [3.05, 3.63) is 47.7 Å². The van der Waals surface area contributed by atoms with E-state index in [2.05, 4.69) is 29.5 Å². The van der Waals surface area contributed by atoms with Crippen LogP contribution in [-0.2, 0) is 13.1 Å². The van der Waals surface area contributed by atoms with Crippen LogP contribution in [0.4, 0.5) is 9.18 Å². The molecule has 1 aromatic heterocycles. The summed E-state index contributed by atoms with van der Waals surface area (Å²) in [4.78, 5) is 18.9. The topological polar surface area (TPSA) is 79.6 Å². The summed E-state index contributed by atoms with van der Waals surface area (Å²) in [6, 6.07) is 6.87. The standard InChI is InChI=1S/C22H31FN4O3/c1-15(2)13-30-19-6-4-17(5-7-19)11-27(12-18-14-29-16(3)25-18)22(28)26-21-8-9-24-10-20(21)23/h4-7,14-15,20-21,24H,8-13H2,1-3H3,(H,26,28)/t20-,21+/m1/s1. The van der Waals surface area contributed by atoms with E-state index in [0.717, 1.165) is 11.3 Å². The lowest BCUT2D eigenvalue weighted by Gasteiger charge is -2.30. The summed E-state index contributed by atoms with van der Waals surface area (Å²) >= 11 is 0. The van der Waals surface area contributed by atoms with Crippen LogP contribution in [0.5, 0.6) is 5.75 Å². The Labute approximate surface area is 177 Å². The maximum Gasteiger partial charge on any atom is 0.318 e. The average Bonchev–Trinajstić information content (AvgIpc) is 3.13. The SMILES string of the molecule is Cc1nc(CN(Cc2ccc(OCC(C)C)cc2)C(=O)N[C@H]2CCNC[C@H]2F)co1. The van der Waals surface area contributed by atoms with Gasteiger partial charge < -0.3 is 24.7 Å². The molecular formula is C22H31FN4O3. The van der Waals surface area contributed by atoms with E-state index in [1.807, 2.05) is 24.3 Å². The van der Waals surface area contributed by atoms with Gasteiger partial charge in [-0.3, -0.25) is 0 Å². The molecule has 164 valence electrons. The highest BCUT2D eigenvalue weighted by Gasteiger charge is 2.28. The first-order valence-electron chi connectivity index (χ1n) is 10.4. The summed E-state index contributed by atoms with van der Waals surface area (Å²) in [7, 11) is 0. The molecule has 2 atom stereocenters. The molecule has 0 aliphatic carbocycles. The molecular weight excluding hydrogens is 387 g/mol. The van der Waals surface area contributed by atoms with Gasteiger partial charge in [-0.25, -0.2) is 14.2 Å². The van der Waals surface area contributed by atoms with Crippen molar-refractivity contribution in [2.45, 2.75) is 52.5 Å². The highest BCUT2D eigenvalue weighted by Crippen LogP contribution is 2.17. The normalized spacial score (nSPS) is 19.0. The first-order chi connectivity index (χ1) is 14.4. The molecule has 2 heterocycles. The van der Waals surface area contributed by atoms with Crippen LogP contribution in [0.25, 0.3) is 0 Å². The number of aromatic nitrogens is 1. The van der Waals surface area contributed by atoms with Crippen LogP contribution in [0, 0.1) is 12.8 Å². The van der Waals surface area contributed by atoms with Gasteiger partial charge in [-0.2, -0.15) is 0 Å². The van der Waals surface area contributed by atoms with Crippen molar-refractivity contribution < 1.29 is 18.3 Å². The maximum absolute atomic E-state index is 14.2. The number of amides is 2. The maximum atomic E-state index is 14.2. The largest absolute Gasteiger partial charge is 0.493 e. The number of halogens is 1. The Morgan fingerprint density at radius 2 is 2.13 bits per heavy atom. The number of aryl methyl sites for hydroxylation is 1. The number of benzene rings is 1. The molecule has 0 spiro atoms. The Balaban J connectivity index is 1.68. The van der Waals surface area contributed by atoms with Crippen LogP contribution in [0.2, 0.25) is 0 Å².